The number of nitrogens with zero attached hydrogens (tertiary/aromatic N) is 5. The second kappa shape index (κ2) is 6.45. The lowest BCUT2D eigenvalue weighted by Crippen LogP contribution is -2.04. The molecule has 6 nitrogen and oxygen atoms in total. The number of hydrogen-bond acceptors (Lipinski definition) is 5. The third-order valence-corrected chi connectivity index (χ3v) is 3.73. The van der Waals surface area contributed by atoms with Crippen molar-refractivity contribution in [2.24, 2.45) is 0 Å². The molecule has 0 saturated carbocycles. The zero-order chi connectivity index (χ0) is 17.2. The Labute approximate surface area is 146 Å². The van der Waals surface area contributed by atoms with Gasteiger partial charge in [-0.05, 0) is 41.6 Å². The van der Waals surface area contributed by atoms with Crippen LogP contribution < -0.4 is 0 Å². The van der Waals surface area contributed by atoms with Crippen molar-refractivity contribution in [3.8, 4) is 22.8 Å². The lowest BCUT2D eigenvalue weighted by Gasteiger charge is -1.95. The first-order chi connectivity index (χ1) is 12.2. The molecule has 2 aromatic carbocycles. The van der Waals surface area contributed by atoms with Crippen LogP contribution in [0.3, 0.4) is 0 Å². The molecule has 2 heterocycles. The Hall–Kier alpha value is -3.06. The molecule has 0 aliphatic rings. The molecule has 0 aliphatic carbocycles. The average molecular weight is 356 g/mol. The van der Waals surface area contributed by atoms with Gasteiger partial charge in [0.05, 0.1) is 0 Å². The largest absolute Gasteiger partial charge is 0.444 e. The summed E-state index contributed by atoms with van der Waals surface area (Å²) in [6, 6.07) is 13.2. The monoisotopic (exact) mass is 355 g/mol. The highest BCUT2D eigenvalue weighted by molar-refractivity contribution is 6.30. The molecular weight excluding hydrogens is 345 g/mol. The minimum Gasteiger partial charge on any atom is -0.444 e. The van der Waals surface area contributed by atoms with E-state index in [1.54, 1.807) is 24.3 Å². The maximum atomic E-state index is 13.3. The smallest absolute Gasteiger partial charge is 0.226 e. The van der Waals surface area contributed by atoms with Gasteiger partial charge in [0.1, 0.15) is 24.3 Å². The highest BCUT2D eigenvalue weighted by Gasteiger charge is 2.11. The predicted octanol–water partition coefficient (Wildman–Crippen LogP) is 3.84. The van der Waals surface area contributed by atoms with E-state index in [1.165, 1.54) is 23.2 Å². The van der Waals surface area contributed by atoms with Crippen molar-refractivity contribution in [1.29, 1.82) is 0 Å². The molecule has 0 radical (unpaired) electrons. The fourth-order valence-electron chi connectivity index (χ4n) is 2.30. The van der Waals surface area contributed by atoms with Gasteiger partial charge in [-0.2, -0.15) is 4.80 Å². The van der Waals surface area contributed by atoms with Gasteiger partial charge in [-0.1, -0.05) is 23.7 Å². The number of rotatable bonds is 4. The number of benzene rings is 2. The van der Waals surface area contributed by atoms with Crippen LogP contribution in [0.15, 0.2) is 59.2 Å². The zero-order valence-electron chi connectivity index (χ0n) is 12.8. The third-order valence-electron chi connectivity index (χ3n) is 3.48. The van der Waals surface area contributed by atoms with Gasteiger partial charge in [-0.25, -0.2) is 9.37 Å². The van der Waals surface area contributed by atoms with Gasteiger partial charge < -0.3 is 4.42 Å². The SMILES string of the molecule is Fc1cccc(-c2nnn(Cc3coc(-c4ccc(Cl)cc4)n3)n2)c1. The van der Waals surface area contributed by atoms with Crippen LogP contribution in [0.2, 0.25) is 5.02 Å². The van der Waals surface area contributed by atoms with Crippen molar-refractivity contribution in [1.82, 2.24) is 25.2 Å². The lowest BCUT2D eigenvalue weighted by molar-refractivity contribution is 0.550. The Morgan fingerprint density at radius 3 is 2.72 bits per heavy atom. The quantitative estimate of drug-likeness (QED) is 0.556. The van der Waals surface area contributed by atoms with Crippen LogP contribution in [0.1, 0.15) is 5.69 Å². The van der Waals surface area contributed by atoms with E-state index in [0.717, 1.165) is 5.56 Å². The van der Waals surface area contributed by atoms with Crippen molar-refractivity contribution < 1.29 is 8.81 Å². The van der Waals surface area contributed by atoms with Crippen LogP contribution in [0.5, 0.6) is 0 Å². The summed E-state index contributed by atoms with van der Waals surface area (Å²) in [7, 11) is 0. The number of hydrogen-bond donors (Lipinski definition) is 0. The van der Waals surface area contributed by atoms with Crippen molar-refractivity contribution >= 4 is 11.6 Å². The van der Waals surface area contributed by atoms with E-state index < -0.39 is 0 Å². The number of halogens is 2. The Morgan fingerprint density at radius 1 is 1.08 bits per heavy atom. The van der Waals surface area contributed by atoms with Gasteiger partial charge in [-0.15, -0.1) is 10.2 Å². The van der Waals surface area contributed by atoms with E-state index in [2.05, 4.69) is 20.4 Å². The van der Waals surface area contributed by atoms with Crippen LogP contribution in [0.4, 0.5) is 4.39 Å². The summed E-state index contributed by atoms with van der Waals surface area (Å²) < 4.78 is 18.8. The summed E-state index contributed by atoms with van der Waals surface area (Å²) in [4.78, 5) is 5.78. The molecule has 25 heavy (non-hydrogen) atoms. The Morgan fingerprint density at radius 2 is 1.92 bits per heavy atom. The van der Waals surface area contributed by atoms with Crippen LogP contribution in [0, 0.1) is 5.82 Å². The lowest BCUT2D eigenvalue weighted by atomic mass is 10.2. The molecule has 0 atom stereocenters. The Balaban J connectivity index is 1.52. The van der Waals surface area contributed by atoms with Gasteiger partial charge in [-0.3, -0.25) is 0 Å². The molecule has 4 aromatic rings. The van der Waals surface area contributed by atoms with Gasteiger partial charge in [0.25, 0.3) is 0 Å². The summed E-state index contributed by atoms with van der Waals surface area (Å²) in [5.74, 6) is 0.482. The molecule has 124 valence electrons. The highest BCUT2D eigenvalue weighted by atomic mass is 35.5. The highest BCUT2D eigenvalue weighted by Crippen LogP contribution is 2.21. The molecule has 0 fully saturated rings. The van der Waals surface area contributed by atoms with E-state index in [0.29, 0.717) is 34.5 Å². The van der Waals surface area contributed by atoms with E-state index in [4.69, 9.17) is 16.0 Å². The van der Waals surface area contributed by atoms with Gasteiger partial charge in [0.15, 0.2) is 0 Å². The molecule has 8 heteroatoms. The van der Waals surface area contributed by atoms with Gasteiger partial charge >= 0.3 is 0 Å². The fourth-order valence-corrected chi connectivity index (χ4v) is 2.43. The minimum absolute atomic E-state index is 0.291. The molecule has 0 unspecified atom stereocenters. The summed E-state index contributed by atoms with van der Waals surface area (Å²) in [6.07, 6.45) is 1.54. The first kappa shape index (κ1) is 15.5. The van der Waals surface area contributed by atoms with Crippen LogP contribution >= 0.6 is 11.6 Å². The maximum Gasteiger partial charge on any atom is 0.226 e. The first-order valence-corrected chi connectivity index (χ1v) is 7.79. The standard InChI is InChI=1S/C17H11ClFN5O/c18-13-6-4-11(5-7-13)17-20-15(10-25-17)9-24-22-16(21-23-24)12-2-1-3-14(19)8-12/h1-8,10H,9H2. The zero-order valence-corrected chi connectivity index (χ0v) is 13.6. The second-order valence-corrected chi connectivity index (χ2v) is 5.74. The maximum absolute atomic E-state index is 13.3. The van der Waals surface area contributed by atoms with E-state index in [-0.39, 0.29) is 5.82 Å². The van der Waals surface area contributed by atoms with Crippen LogP contribution in [0.25, 0.3) is 22.8 Å². The molecule has 0 spiro atoms. The van der Waals surface area contributed by atoms with Crippen molar-refractivity contribution in [3.05, 3.63) is 71.3 Å². The predicted molar refractivity (Wildman–Crippen MR) is 89.3 cm³/mol. The van der Waals surface area contributed by atoms with Crippen LogP contribution in [-0.4, -0.2) is 25.2 Å². The van der Waals surface area contributed by atoms with E-state index in [9.17, 15) is 4.39 Å². The summed E-state index contributed by atoms with van der Waals surface area (Å²) in [6.45, 7) is 0.291. The number of tetrazole rings is 1. The number of oxazole rings is 1. The fraction of sp³-hybridized carbons (Fsp3) is 0.0588. The molecule has 2 aromatic heterocycles. The average Bonchev–Trinajstić information content (AvgIpc) is 3.26. The van der Waals surface area contributed by atoms with Gasteiger partial charge in [0.2, 0.25) is 11.7 Å². The topological polar surface area (TPSA) is 69.6 Å². The molecule has 0 bridgehead atoms. The summed E-state index contributed by atoms with van der Waals surface area (Å²) in [5, 5.41) is 12.8. The molecule has 0 N–H and O–H groups in total. The summed E-state index contributed by atoms with van der Waals surface area (Å²) in [5.41, 5.74) is 2.03. The Bertz CT molecular complexity index is 1010. The third kappa shape index (κ3) is 3.41. The molecule has 0 saturated heterocycles. The van der Waals surface area contributed by atoms with E-state index >= 15 is 0 Å². The minimum atomic E-state index is -0.349. The Kier molecular flexibility index (Phi) is 3.99. The van der Waals surface area contributed by atoms with Crippen LogP contribution in [-0.2, 0) is 6.54 Å². The van der Waals surface area contributed by atoms with Gasteiger partial charge in [0, 0.05) is 16.1 Å². The number of aromatic nitrogens is 5. The molecular formula is C17H11ClFN5O. The van der Waals surface area contributed by atoms with Crippen molar-refractivity contribution in [3.63, 3.8) is 0 Å². The molecule has 0 aliphatic heterocycles. The summed E-state index contributed by atoms with van der Waals surface area (Å²) >= 11 is 5.87. The molecule has 0 amide bonds. The van der Waals surface area contributed by atoms with Crippen molar-refractivity contribution in [2.45, 2.75) is 6.54 Å². The normalized spacial score (nSPS) is 11.0. The van der Waals surface area contributed by atoms with E-state index in [1.807, 2.05) is 12.1 Å². The first-order valence-electron chi connectivity index (χ1n) is 7.41. The molecule has 4 rings (SSSR count). The van der Waals surface area contributed by atoms with Crippen molar-refractivity contribution in [2.75, 3.05) is 0 Å². The second-order valence-electron chi connectivity index (χ2n) is 5.30.